The first kappa shape index (κ1) is 11.4. The summed E-state index contributed by atoms with van der Waals surface area (Å²) >= 11 is 1.46. The lowest BCUT2D eigenvalue weighted by molar-refractivity contribution is -0.120. The van der Waals surface area contributed by atoms with Crippen LogP contribution in [0.15, 0.2) is 11.5 Å². The first-order chi connectivity index (χ1) is 7.70. The quantitative estimate of drug-likeness (QED) is 0.782. The van der Waals surface area contributed by atoms with Gasteiger partial charge in [-0.2, -0.15) is 0 Å². The van der Waals surface area contributed by atoms with E-state index in [4.69, 9.17) is 0 Å². The zero-order chi connectivity index (χ0) is 11.5. The third-order valence-corrected chi connectivity index (χ3v) is 3.59. The molecular weight excluding hydrogens is 224 g/mol. The number of nitrogens with zero attached hydrogens (tertiary/aromatic N) is 3. The highest BCUT2D eigenvalue weighted by atomic mass is 32.2. The Labute approximate surface area is 99.0 Å². The van der Waals surface area contributed by atoms with Gasteiger partial charge in [0.1, 0.15) is 6.33 Å². The third-order valence-electron chi connectivity index (χ3n) is 2.50. The monoisotopic (exact) mass is 240 g/mol. The molecule has 88 valence electrons. The molecule has 2 rings (SSSR count). The minimum absolute atomic E-state index is 0.0955. The second kappa shape index (κ2) is 4.86. The van der Waals surface area contributed by atoms with Gasteiger partial charge in [-0.3, -0.25) is 4.79 Å². The van der Waals surface area contributed by atoms with Crippen molar-refractivity contribution in [1.29, 1.82) is 0 Å². The molecule has 0 unspecified atom stereocenters. The minimum Gasteiger partial charge on any atom is -0.352 e. The van der Waals surface area contributed by atoms with Gasteiger partial charge in [0, 0.05) is 12.6 Å². The van der Waals surface area contributed by atoms with Crippen LogP contribution < -0.4 is 5.32 Å². The van der Waals surface area contributed by atoms with Crippen molar-refractivity contribution >= 4 is 17.7 Å². The summed E-state index contributed by atoms with van der Waals surface area (Å²) in [7, 11) is 0. The first-order valence-corrected chi connectivity index (χ1v) is 6.43. The summed E-state index contributed by atoms with van der Waals surface area (Å²) < 4.78 is 1.94. The lowest BCUT2D eigenvalue weighted by Gasteiger charge is -2.10. The second-order valence-corrected chi connectivity index (χ2v) is 5.25. The van der Waals surface area contributed by atoms with Crippen LogP contribution in [0.25, 0.3) is 0 Å². The molecule has 5 nitrogen and oxygen atoms in total. The van der Waals surface area contributed by atoms with E-state index in [0.717, 1.165) is 24.5 Å². The van der Waals surface area contributed by atoms with Crippen LogP contribution in [0.3, 0.4) is 0 Å². The van der Waals surface area contributed by atoms with Crippen molar-refractivity contribution in [3.05, 3.63) is 6.33 Å². The van der Waals surface area contributed by atoms with Crippen molar-refractivity contribution in [1.82, 2.24) is 20.1 Å². The number of amides is 1. The average Bonchev–Trinajstić information content (AvgIpc) is 2.96. The molecule has 1 heterocycles. The molecule has 0 bridgehead atoms. The van der Waals surface area contributed by atoms with E-state index < -0.39 is 0 Å². The van der Waals surface area contributed by atoms with Gasteiger partial charge < -0.3 is 9.88 Å². The fourth-order valence-corrected chi connectivity index (χ4v) is 2.21. The molecule has 0 radical (unpaired) electrons. The van der Waals surface area contributed by atoms with E-state index in [9.17, 15) is 4.79 Å². The van der Waals surface area contributed by atoms with E-state index in [1.165, 1.54) is 11.8 Å². The maximum absolute atomic E-state index is 11.7. The predicted octanol–water partition coefficient (Wildman–Crippen LogP) is 1.06. The van der Waals surface area contributed by atoms with E-state index in [1.807, 2.05) is 18.4 Å². The number of carbonyl (C=O) groups excluding carboxylic acids is 1. The summed E-state index contributed by atoms with van der Waals surface area (Å²) in [6.45, 7) is 4.76. The molecule has 0 saturated heterocycles. The van der Waals surface area contributed by atoms with Crippen LogP contribution in [0.4, 0.5) is 0 Å². The molecule has 16 heavy (non-hydrogen) atoms. The van der Waals surface area contributed by atoms with Crippen LogP contribution in [0.5, 0.6) is 0 Å². The van der Waals surface area contributed by atoms with Gasteiger partial charge >= 0.3 is 0 Å². The summed E-state index contributed by atoms with van der Waals surface area (Å²) in [6, 6.07) is 0.416. The van der Waals surface area contributed by atoms with E-state index in [-0.39, 0.29) is 11.2 Å². The lowest BCUT2D eigenvalue weighted by Crippen LogP contribution is -2.32. The molecule has 0 aliphatic heterocycles. The number of rotatable bonds is 5. The fourth-order valence-electron chi connectivity index (χ4n) is 1.31. The van der Waals surface area contributed by atoms with Gasteiger partial charge in [0.15, 0.2) is 5.16 Å². The van der Waals surface area contributed by atoms with Gasteiger partial charge in [-0.15, -0.1) is 10.2 Å². The van der Waals surface area contributed by atoms with E-state index in [0.29, 0.717) is 6.04 Å². The van der Waals surface area contributed by atoms with Gasteiger partial charge in [0.05, 0.1) is 5.25 Å². The number of thioether (sulfide) groups is 1. The number of hydrogen-bond acceptors (Lipinski definition) is 4. The smallest absolute Gasteiger partial charge is 0.233 e. The highest BCUT2D eigenvalue weighted by Crippen LogP contribution is 2.23. The molecular formula is C10H16N4OS. The van der Waals surface area contributed by atoms with Crippen LogP contribution in [0, 0.1) is 0 Å². The summed E-state index contributed by atoms with van der Waals surface area (Å²) in [6.07, 6.45) is 3.93. The Kier molecular flexibility index (Phi) is 3.48. The summed E-state index contributed by atoms with van der Waals surface area (Å²) in [5, 5.41) is 11.5. The van der Waals surface area contributed by atoms with Crippen molar-refractivity contribution in [3.8, 4) is 0 Å². The highest BCUT2D eigenvalue weighted by molar-refractivity contribution is 8.00. The van der Waals surface area contributed by atoms with Gasteiger partial charge in [0.25, 0.3) is 0 Å². The number of carbonyl (C=O) groups is 1. The van der Waals surface area contributed by atoms with E-state index in [1.54, 1.807) is 6.33 Å². The maximum atomic E-state index is 11.7. The molecule has 0 spiro atoms. The van der Waals surface area contributed by atoms with Crippen molar-refractivity contribution in [2.45, 2.75) is 49.7 Å². The first-order valence-electron chi connectivity index (χ1n) is 5.55. The number of aryl methyl sites for hydroxylation is 1. The zero-order valence-corrected chi connectivity index (χ0v) is 10.3. The van der Waals surface area contributed by atoms with Gasteiger partial charge in [-0.1, -0.05) is 11.8 Å². The van der Waals surface area contributed by atoms with Crippen molar-refractivity contribution in [2.24, 2.45) is 0 Å². The molecule has 0 aromatic carbocycles. The number of nitrogens with one attached hydrogen (secondary N) is 1. The fraction of sp³-hybridized carbons (Fsp3) is 0.700. The van der Waals surface area contributed by atoms with Crippen LogP contribution in [-0.4, -0.2) is 32.0 Å². The molecule has 1 saturated carbocycles. The van der Waals surface area contributed by atoms with Crippen molar-refractivity contribution < 1.29 is 4.79 Å². The molecule has 1 N–H and O–H groups in total. The number of hydrogen-bond donors (Lipinski definition) is 1. The van der Waals surface area contributed by atoms with E-state index >= 15 is 0 Å². The molecule has 1 amide bonds. The zero-order valence-electron chi connectivity index (χ0n) is 9.51. The summed E-state index contributed by atoms with van der Waals surface area (Å²) in [4.78, 5) is 11.7. The molecule has 1 aliphatic rings. The molecule has 1 aromatic heterocycles. The van der Waals surface area contributed by atoms with Crippen LogP contribution in [-0.2, 0) is 11.3 Å². The van der Waals surface area contributed by atoms with Crippen molar-refractivity contribution in [3.63, 3.8) is 0 Å². The highest BCUT2D eigenvalue weighted by Gasteiger charge is 2.26. The van der Waals surface area contributed by atoms with Gasteiger partial charge in [0.2, 0.25) is 5.91 Å². The third kappa shape index (κ3) is 2.75. The SMILES string of the molecule is CCn1cnnc1S[C@H](C)C(=O)NC1CC1. The van der Waals surface area contributed by atoms with Gasteiger partial charge in [-0.25, -0.2) is 0 Å². The maximum Gasteiger partial charge on any atom is 0.233 e. The Hall–Kier alpha value is -1.04. The van der Waals surface area contributed by atoms with Crippen LogP contribution >= 0.6 is 11.8 Å². The number of aromatic nitrogens is 3. The van der Waals surface area contributed by atoms with Crippen molar-refractivity contribution in [2.75, 3.05) is 0 Å². The Morgan fingerprint density at radius 2 is 2.50 bits per heavy atom. The topological polar surface area (TPSA) is 59.8 Å². The Balaban J connectivity index is 1.90. The second-order valence-electron chi connectivity index (χ2n) is 3.94. The molecule has 1 aliphatic carbocycles. The molecule has 6 heteroatoms. The largest absolute Gasteiger partial charge is 0.352 e. The molecule has 1 atom stereocenters. The normalized spacial score (nSPS) is 17.1. The minimum atomic E-state index is -0.116. The van der Waals surface area contributed by atoms with Crippen LogP contribution in [0.1, 0.15) is 26.7 Å². The molecule has 1 aromatic rings. The molecule has 1 fully saturated rings. The average molecular weight is 240 g/mol. The van der Waals surface area contributed by atoms with E-state index in [2.05, 4.69) is 15.5 Å². The predicted molar refractivity (Wildman–Crippen MR) is 62.2 cm³/mol. The summed E-state index contributed by atoms with van der Waals surface area (Å²) in [5.74, 6) is 0.0955. The summed E-state index contributed by atoms with van der Waals surface area (Å²) in [5.41, 5.74) is 0. The Morgan fingerprint density at radius 1 is 1.75 bits per heavy atom. The Bertz CT molecular complexity index is 375. The lowest BCUT2D eigenvalue weighted by atomic mass is 10.4. The van der Waals surface area contributed by atoms with Crippen LogP contribution in [0.2, 0.25) is 0 Å². The Morgan fingerprint density at radius 3 is 3.12 bits per heavy atom. The van der Waals surface area contributed by atoms with Gasteiger partial charge in [-0.05, 0) is 26.7 Å². The standard InChI is InChI=1S/C10H16N4OS/c1-3-14-6-11-13-10(14)16-7(2)9(15)12-8-4-5-8/h6-8H,3-5H2,1-2H3,(H,12,15)/t7-/m1/s1.